The smallest absolute Gasteiger partial charge is 0.336 e. The van der Waals surface area contributed by atoms with E-state index in [-0.39, 0.29) is 36.3 Å². The maximum Gasteiger partial charge on any atom is 0.336 e. The number of aryl methyl sites for hydroxylation is 1. The first-order valence-electron chi connectivity index (χ1n) is 10.2. The lowest BCUT2D eigenvalue weighted by molar-refractivity contribution is -0.142. The molecule has 1 aromatic carbocycles. The Hall–Kier alpha value is -2.27. The van der Waals surface area contributed by atoms with Gasteiger partial charge in [0, 0.05) is 30.4 Å². The van der Waals surface area contributed by atoms with Crippen LogP contribution in [0.25, 0.3) is 0 Å². The van der Waals surface area contributed by atoms with E-state index in [1.807, 2.05) is 32.0 Å². The highest BCUT2D eigenvalue weighted by atomic mass is 16.6. The first-order valence-corrected chi connectivity index (χ1v) is 10.2. The molecule has 0 N–H and O–H groups in total. The standard InChI is InChI=1S/C23H27NO4/c1-14-6-3-7-16(12-14)21-20(23(26)28-13-17-8-5-11-27-17)15(2)24-18-9-4-10-19(25)22(18)21/h3,6-7,12,17,21-22H,4-5,8-11,13H2,1-2H3/t17-,21+,22?/m0/s1. The number of ether oxygens (including phenoxy) is 2. The summed E-state index contributed by atoms with van der Waals surface area (Å²) < 4.78 is 11.2. The van der Waals surface area contributed by atoms with Crippen molar-refractivity contribution in [3.63, 3.8) is 0 Å². The number of aliphatic imine (C=N–C) groups is 1. The molecule has 1 saturated carbocycles. The Morgan fingerprint density at radius 2 is 2.07 bits per heavy atom. The largest absolute Gasteiger partial charge is 0.460 e. The molecule has 0 radical (unpaired) electrons. The fourth-order valence-electron chi connectivity index (χ4n) is 4.63. The fourth-order valence-corrected chi connectivity index (χ4v) is 4.63. The van der Waals surface area contributed by atoms with E-state index in [1.54, 1.807) is 0 Å². The van der Waals surface area contributed by atoms with Crippen molar-refractivity contribution in [3.05, 3.63) is 46.7 Å². The number of hydrogen-bond donors (Lipinski definition) is 0. The van der Waals surface area contributed by atoms with Crippen LogP contribution in [0.2, 0.25) is 0 Å². The van der Waals surface area contributed by atoms with E-state index in [0.717, 1.165) is 49.1 Å². The predicted molar refractivity (Wildman–Crippen MR) is 106 cm³/mol. The van der Waals surface area contributed by atoms with Crippen molar-refractivity contribution in [1.82, 2.24) is 0 Å². The van der Waals surface area contributed by atoms with Gasteiger partial charge in [-0.05, 0) is 45.1 Å². The summed E-state index contributed by atoms with van der Waals surface area (Å²) in [5.41, 5.74) is 4.19. The Morgan fingerprint density at radius 3 is 2.82 bits per heavy atom. The van der Waals surface area contributed by atoms with Gasteiger partial charge in [0.1, 0.15) is 12.4 Å². The van der Waals surface area contributed by atoms with Gasteiger partial charge in [-0.1, -0.05) is 29.8 Å². The number of carbonyl (C=O) groups is 2. The number of fused-ring (bicyclic) bond motifs is 1. The minimum absolute atomic E-state index is 0.0266. The number of Topliss-reactive ketones (excluding diaryl/α,β-unsaturated/α-hetero) is 1. The van der Waals surface area contributed by atoms with Gasteiger partial charge in [0.05, 0.1) is 17.6 Å². The van der Waals surface area contributed by atoms with Gasteiger partial charge in [-0.15, -0.1) is 0 Å². The molecule has 148 valence electrons. The van der Waals surface area contributed by atoms with E-state index >= 15 is 0 Å². The summed E-state index contributed by atoms with van der Waals surface area (Å²) in [4.78, 5) is 30.6. The molecule has 1 aliphatic carbocycles. The molecular formula is C23H27NO4. The van der Waals surface area contributed by atoms with Gasteiger partial charge in [-0.25, -0.2) is 4.79 Å². The first kappa shape index (κ1) is 19.1. The maximum absolute atomic E-state index is 13.1. The molecule has 5 nitrogen and oxygen atoms in total. The van der Waals surface area contributed by atoms with Crippen LogP contribution in [0.4, 0.5) is 0 Å². The van der Waals surface area contributed by atoms with Gasteiger partial charge in [-0.3, -0.25) is 9.79 Å². The summed E-state index contributed by atoms with van der Waals surface area (Å²) in [5, 5.41) is 0. The Bertz CT molecular complexity index is 848. The zero-order chi connectivity index (χ0) is 19.7. The van der Waals surface area contributed by atoms with Crippen LogP contribution in [0.3, 0.4) is 0 Å². The monoisotopic (exact) mass is 381 g/mol. The third-order valence-electron chi connectivity index (χ3n) is 5.95. The minimum Gasteiger partial charge on any atom is -0.460 e. The molecule has 1 unspecified atom stereocenters. The van der Waals surface area contributed by atoms with Crippen molar-refractivity contribution < 1.29 is 19.1 Å². The highest BCUT2D eigenvalue weighted by Crippen LogP contribution is 2.43. The lowest BCUT2D eigenvalue weighted by Crippen LogP contribution is -2.39. The number of rotatable bonds is 4. The van der Waals surface area contributed by atoms with Gasteiger partial charge in [-0.2, -0.15) is 0 Å². The third kappa shape index (κ3) is 3.68. The van der Waals surface area contributed by atoms with Gasteiger partial charge in [0.2, 0.25) is 0 Å². The topological polar surface area (TPSA) is 65.0 Å². The molecule has 3 atom stereocenters. The van der Waals surface area contributed by atoms with E-state index in [4.69, 9.17) is 9.47 Å². The summed E-state index contributed by atoms with van der Waals surface area (Å²) in [6.07, 6.45) is 4.08. The molecule has 0 bridgehead atoms. The third-order valence-corrected chi connectivity index (χ3v) is 5.95. The van der Waals surface area contributed by atoms with Crippen molar-refractivity contribution >= 4 is 17.5 Å². The maximum atomic E-state index is 13.1. The van der Waals surface area contributed by atoms with E-state index in [2.05, 4.69) is 11.1 Å². The lowest BCUT2D eigenvalue weighted by atomic mass is 9.69. The van der Waals surface area contributed by atoms with E-state index < -0.39 is 0 Å². The summed E-state index contributed by atoms with van der Waals surface area (Å²) in [6.45, 7) is 4.86. The van der Waals surface area contributed by atoms with Gasteiger partial charge in [0.25, 0.3) is 0 Å². The average Bonchev–Trinajstić information content (AvgIpc) is 3.19. The molecule has 28 heavy (non-hydrogen) atoms. The molecule has 0 spiro atoms. The molecule has 1 saturated heterocycles. The van der Waals surface area contributed by atoms with Crippen LogP contribution in [0.1, 0.15) is 56.1 Å². The second kappa shape index (κ2) is 8.00. The fraction of sp³-hybridized carbons (Fsp3) is 0.522. The first-order chi connectivity index (χ1) is 13.5. The van der Waals surface area contributed by atoms with Crippen LogP contribution in [0.5, 0.6) is 0 Å². The number of allylic oxidation sites excluding steroid dienone is 1. The summed E-state index contributed by atoms with van der Waals surface area (Å²) in [5.74, 6) is -0.879. The summed E-state index contributed by atoms with van der Waals surface area (Å²) in [7, 11) is 0. The number of nitrogens with zero attached hydrogens (tertiary/aromatic N) is 1. The second-order valence-electron chi connectivity index (χ2n) is 8.03. The molecule has 0 amide bonds. The van der Waals surface area contributed by atoms with Crippen LogP contribution in [0.15, 0.2) is 40.5 Å². The molecule has 2 aliphatic heterocycles. The van der Waals surface area contributed by atoms with E-state index in [9.17, 15) is 9.59 Å². The number of benzene rings is 1. The van der Waals surface area contributed by atoms with Crippen LogP contribution < -0.4 is 0 Å². The molecule has 4 rings (SSSR count). The zero-order valence-corrected chi connectivity index (χ0v) is 16.6. The van der Waals surface area contributed by atoms with Crippen LogP contribution >= 0.6 is 0 Å². The molecule has 2 fully saturated rings. The normalized spacial score (nSPS) is 27.4. The van der Waals surface area contributed by atoms with Crippen molar-refractivity contribution in [3.8, 4) is 0 Å². The number of esters is 1. The predicted octanol–water partition coefficient (Wildman–Crippen LogP) is 3.90. The van der Waals surface area contributed by atoms with Crippen molar-refractivity contribution in [1.29, 1.82) is 0 Å². The van der Waals surface area contributed by atoms with E-state index in [1.165, 1.54) is 0 Å². The molecule has 3 aliphatic rings. The quantitative estimate of drug-likeness (QED) is 0.742. The Balaban J connectivity index is 1.70. The Morgan fingerprint density at radius 1 is 1.21 bits per heavy atom. The van der Waals surface area contributed by atoms with E-state index in [0.29, 0.717) is 17.7 Å². The highest BCUT2D eigenvalue weighted by Gasteiger charge is 2.43. The molecule has 0 aromatic heterocycles. The van der Waals surface area contributed by atoms with Crippen molar-refractivity contribution in [2.24, 2.45) is 10.9 Å². The second-order valence-corrected chi connectivity index (χ2v) is 8.03. The molecule has 1 aromatic rings. The zero-order valence-electron chi connectivity index (χ0n) is 16.6. The van der Waals surface area contributed by atoms with Crippen molar-refractivity contribution in [2.75, 3.05) is 13.2 Å². The van der Waals surface area contributed by atoms with Crippen molar-refractivity contribution in [2.45, 2.75) is 58.0 Å². The SMILES string of the molecule is CC1=C(C(=O)OC[C@@H]2CCCO2)[C@@H](c2cccc(C)c2)C2C(=O)CCCC2=N1. The average molecular weight is 381 g/mol. The minimum atomic E-state index is -0.374. The van der Waals surface area contributed by atoms with Crippen LogP contribution in [0, 0.1) is 12.8 Å². The van der Waals surface area contributed by atoms with Crippen LogP contribution in [-0.4, -0.2) is 36.8 Å². The summed E-state index contributed by atoms with van der Waals surface area (Å²) >= 11 is 0. The number of ketones is 1. The highest BCUT2D eigenvalue weighted by molar-refractivity contribution is 6.11. The van der Waals surface area contributed by atoms with Gasteiger partial charge in [0.15, 0.2) is 0 Å². The van der Waals surface area contributed by atoms with Gasteiger partial charge < -0.3 is 9.47 Å². The lowest BCUT2D eigenvalue weighted by Gasteiger charge is -2.35. The molecule has 5 heteroatoms. The molecule has 2 heterocycles. The number of hydrogen-bond acceptors (Lipinski definition) is 5. The number of carbonyl (C=O) groups excluding carboxylic acids is 2. The molecular weight excluding hydrogens is 354 g/mol. The Kier molecular flexibility index (Phi) is 5.44. The summed E-state index contributed by atoms with van der Waals surface area (Å²) in [6, 6.07) is 8.07. The Labute approximate surface area is 165 Å². The van der Waals surface area contributed by atoms with Crippen LogP contribution in [-0.2, 0) is 19.1 Å². The van der Waals surface area contributed by atoms with Gasteiger partial charge >= 0.3 is 5.97 Å².